The molecule has 0 saturated heterocycles. The number of alkyl carbamates (subject to hydrolysis) is 1. The van der Waals surface area contributed by atoms with E-state index in [4.69, 9.17) is 26.8 Å². The number of rotatable bonds is 8. The van der Waals surface area contributed by atoms with E-state index in [9.17, 15) is 14.4 Å². The molecule has 1 unspecified atom stereocenters. The number of guanidine groups is 1. The number of halogens is 3. The molecule has 1 saturated carbocycles. The van der Waals surface area contributed by atoms with Gasteiger partial charge < -0.3 is 20.5 Å². The van der Waals surface area contributed by atoms with E-state index in [0.29, 0.717) is 10.0 Å². The van der Waals surface area contributed by atoms with Gasteiger partial charge in [0.2, 0.25) is 0 Å². The maximum Gasteiger partial charge on any atom is 0.407 e. The van der Waals surface area contributed by atoms with Gasteiger partial charge in [0.05, 0.1) is 23.7 Å². The van der Waals surface area contributed by atoms with Crippen molar-refractivity contribution in [2.45, 2.75) is 57.7 Å². The van der Waals surface area contributed by atoms with Gasteiger partial charge in [-0.2, -0.15) is 0 Å². The molecule has 2 aromatic carbocycles. The Morgan fingerprint density at radius 1 is 1.27 bits per heavy atom. The molecule has 9 nitrogen and oxygen atoms in total. The number of aliphatic imine (C=N–C) groups is 1. The van der Waals surface area contributed by atoms with Gasteiger partial charge in [-0.1, -0.05) is 60.4 Å². The highest BCUT2D eigenvalue weighted by atomic mass is 79.9. The van der Waals surface area contributed by atoms with Crippen molar-refractivity contribution < 1.29 is 28.2 Å². The van der Waals surface area contributed by atoms with Crippen molar-refractivity contribution in [3.05, 3.63) is 68.4 Å². The predicted octanol–water partition coefficient (Wildman–Crippen LogP) is 5.45. The average Bonchev–Trinajstić information content (AvgIpc) is 3.64. The normalized spacial score (nSPS) is 19.7. The molecule has 40 heavy (non-hydrogen) atoms. The number of carbonyl (C=O) groups excluding carboxylic acids is 3. The van der Waals surface area contributed by atoms with E-state index in [2.05, 4.69) is 26.2 Å². The van der Waals surface area contributed by atoms with E-state index in [-0.39, 0.29) is 41.2 Å². The van der Waals surface area contributed by atoms with Crippen molar-refractivity contribution in [3.63, 3.8) is 0 Å². The molecule has 3 N–H and O–H groups in total. The summed E-state index contributed by atoms with van der Waals surface area (Å²) in [5, 5.41) is 2.87. The molecule has 2 aromatic rings. The molecule has 0 spiro atoms. The van der Waals surface area contributed by atoms with E-state index in [1.807, 2.05) is 20.8 Å². The third-order valence-corrected chi connectivity index (χ3v) is 7.47. The van der Waals surface area contributed by atoms with Gasteiger partial charge >= 0.3 is 12.1 Å². The monoisotopic (exact) mass is 636 g/mol. The van der Waals surface area contributed by atoms with Crippen molar-refractivity contribution in [1.29, 1.82) is 0 Å². The first-order valence-electron chi connectivity index (χ1n) is 12.7. The van der Waals surface area contributed by atoms with Crippen LogP contribution in [-0.4, -0.2) is 48.6 Å². The van der Waals surface area contributed by atoms with Crippen LogP contribution in [0.15, 0.2) is 45.9 Å². The third kappa shape index (κ3) is 6.25. The van der Waals surface area contributed by atoms with Crippen LogP contribution < -0.4 is 11.1 Å². The summed E-state index contributed by atoms with van der Waals surface area (Å²) in [5.74, 6) is -2.08. The Labute approximate surface area is 245 Å². The molecule has 1 fully saturated rings. The number of nitrogens with one attached hydrogen (secondary N) is 1. The Morgan fingerprint density at radius 3 is 2.58 bits per heavy atom. The van der Waals surface area contributed by atoms with Crippen molar-refractivity contribution in [2.24, 2.45) is 16.1 Å². The number of hydrogen-bond donors (Lipinski definition) is 2. The summed E-state index contributed by atoms with van der Waals surface area (Å²) < 4.78 is 26.3. The predicted molar refractivity (Wildman–Crippen MR) is 151 cm³/mol. The number of benzene rings is 2. The zero-order valence-electron chi connectivity index (χ0n) is 22.6. The van der Waals surface area contributed by atoms with Gasteiger partial charge in [0.25, 0.3) is 5.91 Å². The molecule has 2 atom stereocenters. The lowest BCUT2D eigenvalue weighted by Gasteiger charge is -2.35. The van der Waals surface area contributed by atoms with Gasteiger partial charge in [-0.25, -0.2) is 19.0 Å². The molecule has 214 valence electrons. The summed E-state index contributed by atoms with van der Waals surface area (Å²) in [6, 6.07) is 7.97. The Hall–Kier alpha value is -3.18. The summed E-state index contributed by atoms with van der Waals surface area (Å²) in [7, 11) is 1.22. The van der Waals surface area contributed by atoms with Crippen LogP contribution in [0.4, 0.5) is 9.18 Å². The summed E-state index contributed by atoms with van der Waals surface area (Å²) in [6.45, 7) is 5.42. The van der Waals surface area contributed by atoms with Crippen molar-refractivity contribution in [3.8, 4) is 0 Å². The second-order valence-electron chi connectivity index (χ2n) is 11.1. The van der Waals surface area contributed by atoms with Crippen molar-refractivity contribution in [1.82, 2.24) is 10.2 Å². The van der Waals surface area contributed by atoms with Gasteiger partial charge in [-0.3, -0.25) is 9.69 Å². The fraction of sp³-hybridized carbons (Fsp3) is 0.429. The molecule has 0 radical (unpaired) electrons. The summed E-state index contributed by atoms with van der Waals surface area (Å²) in [6.07, 6.45) is 1.20. The fourth-order valence-electron chi connectivity index (χ4n) is 4.81. The van der Waals surface area contributed by atoms with E-state index in [1.165, 1.54) is 36.3 Å². The topological polar surface area (TPSA) is 123 Å². The summed E-state index contributed by atoms with van der Waals surface area (Å²) in [4.78, 5) is 45.0. The highest BCUT2D eigenvalue weighted by Crippen LogP contribution is 2.46. The van der Waals surface area contributed by atoms with Crippen LogP contribution in [0.2, 0.25) is 5.02 Å². The number of ether oxygens (including phenoxy) is 2. The molecule has 4 rings (SSSR count). The molecular formula is C28H31BrClFN4O5. The number of nitrogens with two attached hydrogens (primary N) is 1. The second-order valence-corrected chi connectivity index (χ2v) is 12.5. The van der Waals surface area contributed by atoms with E-state index >= 15 is 4.39 Å². The minimum atomic E-state index is -1.68. The standard InChI is InChI=1S/C28H31BrClFN4O5/c1-27(2,3)14-28(19-9-6-16(29)12-21(19)31)24(37)35(25(32)34-28)22(13-40-26(38)33-17-7-8-17)15-5-10-20(30)18(11-15)23(36)39-4/h5-6,9-12,17,22H,7-8,13-14H2,1-4H3,(H2,32,34)(H,33,38)/t22?,28-/m1/s1. The molecule has 12 heteroatoms. The summed E-state index contributed by atoms with van der Waals surface area (Å²) in [5.41, 5.74) is 4.78. The largest absolute Gasteiger partial charge is 0.465 e. The molecule has 2 amide bonds. The molecule has 0 bridgehead atoms. The zero-order chi connectivity index (χ0) is 29.4. The molecule has 1 aliphatic carbocycles. The highest BCUT2D eigenvalue weighted by molar-refractivity contribution is 9.10. The van der Waals surface area contributed by atoms with Gasteiger partial charge in [0.1, 0.15) is 12.4 Å². The molecule has 0 aromatic heterocycles. The number of amides is 2. The maximum absolute atomic E-state index is 15.4. The van der Waals surface area contributed by atoms with Crippen molar-refractivity contribution >= 4 is 51.5 Å². The molecule has 2 aliphatic rings. The van der Waals surface area contributed by atoms with E-state index < -0.39 is 40.8 Å². The van der Waals surface area contributed by atoms with Crippen molar-refractivity contribution in [2.75, 3.05) is 13.7 Å². The smallest absolute Gasteiger partial charge is 0.407 e. The number of carbonyl (C=O) groups is 3. The molecule has 1 heterocycles. The van der Waals surface area contributed by atoms with Gasteiger partial charge in [0.15, 0.2) is 11.5 Å². The van der Waals surface area contributed by atoms with Gasteiger partial charge in [0, 0.05) is 16.1 Å². The SMILES string of the molecule is COC(=O)c1cc(C(COC(=O)NC2CC2)N2C(=O)[C@@](CC(C)(C)C)(c3ccc(Br)cc3F)N=C2N)ccc1Cl. The van der Waals surface area contributed by atoms with Crippen LogP contribution in [-0.2, 0) is 19.8 Å². The van der Waals surface area contributed by atoms with Gasteiger partial charge in [-0.15, -0.1) is 0 Å². The fourth-order valence-corrected chi connectivity index (χ4v) is 5.33. The minimum absolute atomic E-state index is 0.0484. The Kier molecular flexibility index (Phi) is 8.46. The van der Waals surface area contributed by atoms with Crippen LogP contribution in [0, 0.1) is 11.2 Å². The van der Waals surface area contributed by atoms with Crippen LogP contribution in [0.25, 0.3) is 0 Å². The number of hydrogen-bond acceptors (Lipinski definition) is 7. The van der Waals surface area contributed by atoms with Crippen LogP contribution in [0.3, 0.4) is 0 Å². The third-order valence-electron chi connectivity index (χ3n) is 6.65. The first-order valence-corrected chi connectivity index (χ1v) is 13.9. The lowest BCUT2D eigenvalue weighted by Crippen LogP contribution is -2.48. The van der Waals surface area contributed by atoms with Crippen LogP contribution in [0.1, 0.15) is 67.6 Å². The first-order chi connectivity index (χ1) is 18.8. The molecule has 1 aliphatic heterocycles. The minimum Gasteiger partial charge on any atom is -0.465 e. The van der Waals surface area contributed by atoms with E-state index in [0.717, 1.165) is 12.8 Å². The van der Waals surface area contributed by atoms with Crippen LogP contribution in [0.5, 0.6) is 0 Å². The second kappa shape index (κ2) is 11.4. The number of nitrogens with zero attached hydrogens (tertiary/aromatic N) is 2. The van der Waals surface area contributed by atoms with Gasteiger partial charge in [-0.05, 0) is 54.5 Å². The quantitative estimate of drug-likeness (QED) is 0.372. The lowest BCUT2D eigenvalue weighted by molar-refractivity contribution is -0.135. The Bertz CT molecular complexity index is 1380. The lowest BCUT2D eigenvalue weighted by atomic mass is 9.75. The maximum atomic E-state index is 15.4. The Morgan fingerprint density at radius 2 is 1.98 bits per heavy atom. The molecular weight excluding hydrogens is 607 g/mol. The number of esters is 1. The average molecular weight is 638 g/mol. The summed E-state index contributed by atoms with van der Waals surface area (Å²) >= 11 is 9.50. The highest BCUT2D eigenvalue weighted by Gasteiger charge is 2.54. The first kappa shape index (κ1) is 29.8. The van der Waals surface area contributed by atoms with Crippen LogP contribution >= 0.6 is 27.5 Å². The number of methoxy groups -OCH3 is 1. The van der Waals surface area contributed by atoms with E-state index in [1.54, 1.807) is 12.1 Å². The Balaban J connectivity index is 1.80. The zero-order valence-corrected chi connectivity index (χ0v) is 24.9.